The summed E-state index contributed by atoms with van der Waals surface area (Å²) < 4.78 is 105. The summed E-state index contributed by atoms with van der Waals surface area (Å²) in [6, 6.07) is 9.82. The van der Waals surface area contributed by atoms with Crippen molar-refractivity contribution in [3.63, 3.8) is 0 Å². The number of rotatable bonds is 8. The first kappa shape index (κ1) is 30.7. The number of nitrogens with zero attached hydrogens (tertiary/aromatic N) is 5. The molecule has 2 atom stereocenters. The summed E-state index contributed by atoms with van der Waals surface area (Å²) >= 11 is 0. The Morgan fingerprint density at radius 1 is 1.02 bits per heavy atom. The van der Waals surface area contributed by atoms with Crippen LogP contribution in [0.2, 0.25) is 0 Å². The molecule has 0 bridgehead atoms. The van der Waals surface area contributed by atoms with Crippen LogP contribution in [0, 0.1) is 13.8 Å². The quantitative estimate of drug-likeness (QED) is 0.224. The number of anilines is 1. The molecule has 5 aromatic rings. The van der Waals surface area contributed by atoms with Gasteiger partial charge in [0.1, 0.15) is 11.3 Å². The second-order valence-corrected chi connectivity index (χ2v) is 14.0. The summed E-state index contributed by atoms with van der Waals surface area (Å²) in [4.78, 5) is 12.5. The molecule has 4 aromatic heterocycles. The van der Waals surface area contributed by atoms with Crippen LogP contribution in [-0.2, 0) is 30.5 Å². The van der Waals surface area contributed by atoms with E-state index in [4.69, 9.17) is 8.71 Å². The molecule has 236 valence electrons. The van der Waals surface area contributed by atoms with Crippen molar-refractivity contribution in [2.75, 3.05) is 11.6 Å². The van der Waals surface area contributed by atoms with Gasteiger partial charge in [0, 0.05) is 23.3 Å². The molecular formula is C28H25F3N6O6S2. The van der Waals surface area contributed by atoms with Crippen molar-refractivity contribution in [2.24, 2.45) is 0 Å². The number of aromatic nitrogens is 5. The molecule has 0 radical (unpaired) electrons. The Bertz CT molecular complexity index is 2130. The van der Waals surface area contributed by atoms with E-state index in [-0.39, 0.29) is 27.4 Å². The lowest BCUT2D eigenvalue weighted by Gasteiger charge is -2.35. The Morgan fingerprint density at radius 2 is 1.76 bits per heavy atom. The molecule has 1 aliphatic rings. The number of hydrogen-bond donors (Lipinski definition) is 1. The number of hydrogen-bond acceptors (Lipinski definition) is 11. The molecule has 45 heavy (non-hydrogen) atoms. The van der Waals surface area contributed by atoms with Gasteiger partial charge in [0.05, 0.1) is 45.9 Å². The lowest BCUT2D eigenvalue weighted by Crippen LogP contribution is -2.46. The first-order valence-corrected chi connectivity index (χ1v) is 16.7. The number of pyridine rings is 1. The van der Waals surface area contributed by atoms with Crippen LogP contribution in [0.5, 0.6) is 0 Å². The van der Waals surface area contributed by atoms with E-state index < -0.39 is 49.7 Å². The minimum atomic E-state index is -4.91. The smallest absolute Gasteiger partial charge is 0.361 e. The zero-order valence-corrected chi connectivity index (χ0v) is 25.5. The molecule has 4 heterocycles. The fraction of sp³-hybridized carbons (Fsp3) is 0.286. The van der Waals surface area contributed by atoms with Crippen LogP contribution in [0.3, 0.4) is 0 Å². The number of nitrogens with one attached hydrogen (secondary N) is 1. The molecule has 2 unspecified atom stereocenters. The van der Waals surface area contributed by atoms with Gasteiger partial charge in [0.15, 0.2) is 5.65 Å². The Kier molecular flexibility index (Phi) is 7.44. The second kappa shape index (κ2) is 10.9. The number of aryl methyl sites for hydroxylation is 2. The zero-order chi connectivity index (χ0) is 32.3. The maximum atomic E-state index is 14.4. The van der Waals surface area contributed by atoms with E-state index in [2.05, 4.69) is 25.4 Å². The lowest BCUT2D eigenvalue weighted by molar-refractivity contribution is -0.137. The highest BCUT2D eigenvalue weighted by molar-refractivity contribution is 7.90. The minimum Gasteiger partial charge on any atom is -0.361 e. The van der Waals surface area contributed by atoms with Gasteiger partial charge in [-0.15, -0.1) is 0 Å². The zero-order valence-electron chi connectivity index (χ0n) is 23.9. The molecule has 0 amide bonds. The van der Waals surface area contributed by atoms with Gasteiger partial charge in [-0.1, -0.05) is 23.4 Å². The molecule has 1 saturated carbocycles. The third-order valence-corrected chi connectivity index (χ3v) is 9.64. The van der Waals surface area contributed by atoms with Gasteiger partial charge in [0.2, 0.25) is 5.95 Å². The van der Waals surface area contributed by atoms with E-state index in [0.29, 0.717) is 41.8 Å². The van der Waals surface area contributed by atoms with Crippen molar-refractivity contribution in [1.82, 2.24) is 24.1 Å². The summed E-state index contributed by atoms with van der Waals surface area (Å²) in [6.45, 7) is 3.34. The van der Waals surface area contributed by atoms with E-state index in [1.54, 1.807) is 19.9 Å². The van der Waals surface area contributed by atoms with Crippen molar-refractivity contribution in [2.45, 2.75) is 49.9 Å². The van der Waals surface area contributed by atoms with Crippen LogP contribution in [-0.4, -0.2) is 59.3 Å². The van der Waals surface area contributed by atoms with E-state index in [0.717, 1.165) is 16.4 Å². The van der Waals surface area contributed by atoms with Crippen molar-refractivity contribution in [3.8, 4) is 22.5 Å². The molecule has 6 rings (SSSR count). The molecule has 12 nitrogen and oxygen atoms in total. The van der Waals surface area contributed by atoms with Crippen LogP contribution in [0.1, 0.15) is 29.9 Å². The molecule has 0 spiro atoms. The van der Waals surface area contributed by atoms with Crippen LogP contribution in [0.25, 0.3) is 33.5 Å². The standard InChI is InChI=1S/C28H25F3N6O6S2/c1-15-24(16(2)42-36-15)22-10-9-18-19(14-37(26(18)33-22)45(40,41)17-7-5-4-6-8-17)25-20(28(29,30)31)13-32-27(35-25)34-21-11-12-23(21)43-44(3,38)39/h4-10,13-14,21,23H,11-12H2,1-3H3,(H,32,34,35). The van der Waals surface area contributed by atoms with Crippen molar-refractivity contribution >= 4 is 37.1 Å². The van der Waals surface area contributed by atoms with Gasteiger partial charge < -0.3 is 9.84 Å². The third-order valence-electron chi connectivity index (χ3n) is 7.38. The van der Waals surface area contributed by atoms with Crippen LogP contribution in [0.15, 0.2) is 64.3 Å². The van der Waals surface area contributed by atoms with Gasteiger partial charge in [-0.2, -0.15) is 21.6 Å². The van der Waals surface area contributed by atoms with Crippen LogP contribution < -0.4 is 5.32 Å². The Balaban J connectivity index is 1.55. The Labute approximate surface area is 255 Å². The first-order chi connectivity index (χ1) is 21.1. The molecular weight excluding hydrogens is 637 g/mol. The molecule has 1 aromatic carbocycles. The highest BCUT2D eigenvalue weighted by Crippen LogP contribution is 2.41. The Hall–Kier alpha value is -4.35. The summed E-state index contributed by atoms with van der Waals surface area (Å²) in [5.74, 6) is 0.195. The molecule has 0 aliphatic heterocycles. The minimum absolute atomic E-state index is 0.0714. The second-order valence-electron chi connectivity index (χ2n) is 10.5. The summed E-state index contributed by atoms with van der Waals surface area (Å²) in [5.41, 5.74) is -0.820. The van der Waals surface area contributed by atoms with Gasteiger partial charge in [0.25, 0.3) is 20.1 Å². The van der Waals surface area contributed by atoms with Gasteiger partial charge in [-0.3, -0.25) is 4.18 Å². The van der Waals surface area contributed by atoms with E-state index >= 15 is 0 Å². The van der Waals surface area contributed by atoms with E-state index in [1.165, 1.54) is 36.4 Å². The average Bonchev–Trinajstić information content (AvgIpc) is 3.52. The molecule has 0 saturated heterocycles. The highest BCUT2D eigenvalue weighted by Gasteiger charge is 2.39. The van der Waals surface area contributed by atoms with E-state index in [9.17, 15) is 30.0 Å². The number of halogens is 3. The van der Waals surface area contributed by atoms with Crippen molar-refractivity contribution in [3.05, 3.63) is 71.9 Å². The maximum absolute atomic E-state index is 14.4. The highest BCUT2D eigenvalue weighted by atomic mass is 32.2. The predicted octanol–water partition coefficient (Wildman–Crippen LogP) is 4.94. The number of benzene rings is 1. The lowest BCUT2D eigenvalue weighted by atomic mass is 9.89. The predicted molar refractivity (Wildman–Crippen MR) is 156 cm³/mol. The first-order valence-electron chi connectivity index (χ1n) is 13.5. The molecule has 1 N–H and O–H groups in total. The van der Waals surface area contributed by atoms with Crippen molar-refractivity contribution in [1.29, 1.82) is 0 Å². The summed E-state index contributed by atoms with van der Waals surface area (Å²) in [7, 11) is -8.13. The normalized spacial score (nSPS) is 17.4. The van der Waals surface area contributed by atoms with Crippen molar-refractivity contribution < 1.29 is 38.7 Å². The SMILES string of the molecule is Cc1noc(C)c1-c1ccc2c(-c3nc(NC4CCC4OS(C)(=O)=O)ncc3C(F)(F)F)cn(S(=O)(=O)c3ccccc3)c2n1. The summed E-state index contributed by atoms with van der Waals surface area (Å²) in [5, 5.41) is 6.85. The van der Waals surface area contributed by atoms with Crippen LogP contribution >= 0.6 is 0 Å². The monoisotopic (exact) mass is 662 g/mol. The Morgan fingerprint density at radius 3 is 2.36 bits per heavy atom. The van der Waals surface area contributed by atoms with Gasteiger partial charge in [-0.05, 0) is 51.0 Å². The van der Waals surface area contributed by atoms with E-state index in [1.807, 2.05) is 0 Å². The number of fused-ring (bicyclic) bond motifs is 1. The fourth-order valence-corrected chi connectivity index (χ4v) is 7.16. The van der Waals surface area contributed by atoms with Gasteiger partial charge in [-0.25, -0.2) is 27.3 Å². The molecule has 1 aliphatic carbocycles. The largest absolute Gasteiger partial charge is 0.419 e. The topological polar surface area (TPSA) is 159 Å². The average molecular weight is 663 g/mol. The number of alkyl halides is 3. The van der Waals surface area contributed by atoms with Gasteiger partial charge >= 0.3 is 6.18 Å². The maximum Gasteiger partial charge on any atom is 0.419 e. The van der Waals surface area contributed by atoms with Crippen LogP contribution in [0.4, 0.5) is 19.1 Å². The molecule has 17 heteroatoms. The fourth-order valence-electron chi connectivity index (χ4n) is 5.14. The molecule has 1 fully saturated rings. The summed E-state index contributed by atoms with van der Waals surface area (Å²) in [6.07, 6.45) is -2.25. The third kappa shape index (κ3) is 5.78.